The van der Waals surface area contributed by atoms with Crippen molar-refractivity contribution in [2.75, 3.05) is 0 Å². The second-order valence-corrected chi connectivity index (χ2v) is 3.87. The summed E-state index contributed by atoms with van der Waals surface area (Å²) in [6, 6.07) is 9.01. The van der Waals surface area contributed by atoms with E-state index in [1.807, 2.05) is 18.2 Å². The topological polar surface area (TPSA) is 46.0 Å². The van der Waals surface area contributed by atoms with Gasteiger partial charge in [0.25, 0.3) is 0 Å². The summed E-state index contributed by atoms with van der Waals surface area (Å²) in [6.07, 6.45) is 2.39. The summed E-state index contributed by atoms with van der Waals surface area (Å²) < 4.78 is 0.583. The zero-order chi connectivity index (χ0) is 10.7. The highest BCUT2D eigenvalue weighted by Crippen LogP contribution is 2.14. The molecule has 4 heteroatoms. The number of halogens is 1. The van der Waals surface area contributed by atoms with E-state index >= 15 is 0 Å². The van der Waals surface area contributed by atoms with E-state index in [1.54, 1.807) is 18.3 Å². The average molecular weight is 265 g/mol. The van der Waals surface area contributed by atoms with E-state index in [4.69, 9.17) is 0 Å². The van der Waals surface area contributed by atoms with Crippen LogP contribution in [-0.2, 0) is 6.42 Å². The molecule has 0 radical (unpaired) electrons. The first kappa shape index (κ1) is 10.1. The Morgan fingerprint density at radius 1 is 1.27 bits per heavy atom. The summed E-state index contributed by atoms with van der Waals surface area (Å²) in [6.45, 7) is 0. The predicted molar refractivity (Wildman–Crippen MR) is 60.6 cm³/mol. The highest BCUT2D eigenvalue weighted by atomic mass is 79.9. The zero-order valence-electron chi connectivity index (χ0n) is 7.89. The Kier molecular flexibility index (Phi) is 2.97. The number of hydrogen-bond acceptors (Lipinski definition) is 3. The fourth-order valence-electron chi connectivity index (χ4n) is 1.34. The Balaban J connectivity index is 2.22. The summed E-state index contributed by atoms with van der Waals surface area (Å²) in [5, 5.41) is 9.30. The minimum Gasteiger partial charge on any atom is -0.508 e. The van der Waals surface area contributed by atoms with Crippen molar-refractivity contribution >= 4 is 15.9 Å². The lowest BCUT2D eigenvalue weighted by Crippen LogP contribution is -1.93. The monoisotopic (exact) mass is 264 g/mol. The molecule has 0 aliphatic rings. The molecule has 0 saturated heterocycles. The van der Waals surface area contributed by atoms with E-state index in [2.05, 4.69) is 25.9 Å². The Morgan fingerprint density at radius 3 is 2.87 bits per heavy atom. The van der Waals surface area contributed by atoms with E-state index in [0.29, 0.717) is 11.2 Å². The largest absolute Gasteiger partial charge is 0.508 e. The Labute approximate surface area is 96.0 Å². The molecule has 0 fully saturated rings. The maximum Gasteiger partial charge on any atom is 0.196 e. The van der Waals surface area contributed by atoms with Crippen LogP contribution in [0.5, 0.6) is 5.75 Å². The second kappa shape index (κ2) is 4.40. The van der Waals surface area contributed by atoms with Crippen molar-refractivity contribution in [1.29, 1.82) is 0 Å². The molecular formula is C11H9BrN2O. The Bertz CT molecular complexity index is 430. The first-order chi connectivity index (χ1) is 7.24. The molecule has 2 rings (SSSR count). The van der Waals surface area contributed by atoms with Gasteiger partial charge in [0, 0.05) is 18.3 Å². The van der Waals surface area contributed by atoms with Crippen molar-refractivity contribution in [3.05, 3.63) is 52.5 Å². The normalized spacial score (nSPS) is 10.2. The first-order valence-electron chi connectivity index (χ1n) is 4.49. The van der Waals surface area contributed by atoms with Crippen LogP contribution in [0.2, 0.25) is 0 Å². The van der Waals surface area contributed by atoms with Crippen LogP contribution in [0.15, 0.2) is 41.3 Å². The molecule has 1 heterocycles. The summed E-state index contributed by atoms with van der Waals surface area (Å²) in [7, 11) is 0. The van der Waals surface area contributed by atoms with Gasteiger partial charge in [0.15, 0.2) is 4.73 Å². The van der Waals surface area contributed by atoms with E-state index < -0.39 is 0 Å². The number of phenolic OH excluding ortho intramolecular Hbond substituents is 1. The third kappa shape index (κ3) is 2.76. The van der Waals surface area contributed by atoms with Crippen LogP contribution < -0.4 is 0 Å². The van der Waals surface area contributed by atoms with Crippen LogP contribution >= 0.6 is 15.9 Å². The molecule has 0 spiro atoms. The van der Waals surface area contributed by atoms with Gasteiger partial charge in [-0.1, -0.05) is 12.1 Å². The third-order valence-electron chi connectivity index (χ3n) is 1.98. The van der Waals surface area contributed by atoms with Crippen molar-refractivity contribution in [2.24, 2.45) is 0 Å². The van der Waals surface area contributed by atoms with Crippen molar-refractivity contribution in [3.63, 3.8) is 0 Å². The molecule has 1 N–H and O–H groups in total. The van der Waals surface area contributed by atoms with E-state index in [-0.39, 0.29) is 5.75 Å². The van der Waals surface area contributed by atoms with Gasteiger partial charge in [-0.2, -0.15) is 0 Å². The molecule has 1 aromatic carbocycles. The molecule has 3 nitrogen and oxygen atoms in total. The van der Waals surface area contributed by atoms with Gasteiger partial charge in [0.1, 0.15) is 5.75 Å². The van der Waals surface area contributed by atoms with Crippen LogP contribution in [0.4, 0.5) is 0 Å². The van der Waals surface area contributed by atoms with Gasteiger partial charge < -0.3 is 5.11 Å². The van der Waals surface area contributed by atoms with Gasteiger partial charge in [-0.25, -0.2) is 9.97 Å². The fraction of sp³-hybridized carbons (Fsp3) is 0.0909. The summed E-state index contributed by atoms with van der Waals surface area (Å²) in [5.74, 6) is 0.278. The third-order valence-corrected chi connectivity index (χ3v) is 2.36. The SMILES string of the molecule is Oc1cccc(Cc2ccnc(Br)n2)c1. The maximum absolute atomic E-state index is 9.30. The number of aromatic hydroxyl groups is 1. The Morgan fingerprint density at radius 2 is 2.13 bits per heavy atom. The van der Waals surface area contributed by atoms with Gasteiger partial charge in [0.2, 0.25) is 0 Å². The van der Waals surface area contributed by atoms with Crippen LogP contribution in [0.25, 0.3) is 0 Å². The second-order valence-electron chi connectivity index (χ2n) is 3.16. The van der Waals surface area contributed by atoms with Gasteiger partial charge in [-0.3, -0.25) is 0 Å². The molecule has 0 saturated carbocycles. The molecule has 0 bridgehead atoms. The van der Waals surface area contributed by atoms with E-state index in [0.717, 1.165) is 11.3 Å². The van der Waals surface area contributed by atoms with Crippen LogP contribution in [-0.4, -0.2) is 15.1 Å². The number of benzene rings is 1. The summed E-state index contributed by atoms with van der Waals surface area (Å²) in [5.41, 5.74) is 1.95. The molecule has 15 heavy (non-hydrogen) atoms. The fourth-order valence-corrected chi connectivity index (χ4v) is 1.69. The van der Waals surface area contributed by atoms with Crippen LogP contribution in [0, 0.1) is 0 Å². The van der Waals surface area contributed by atoms with E-state index in [9.17, 15) is 5.11 Å². The van der Waals surface area contributed by atoms with Gasteiger partial charge in [-0.15, -0.1) is 0 Å². The number of nitrogens with zero attached hydrogens (tertiary/aromatic N) is 2. The molecule has 0 amide bonds. The zero-order valence-corrected chi connectivity index (χ0v) is 9.48. The van der Waals surface area contributed by atoms with Crippen LogP contribution in [0.1, 0.15) is 11.3 Å². The molecule has 0 aliphatic heterocycles. The quantitative estimate of drug-likeness (QED) is 0.849. The van der Waals surface area contributed by atoms with Crippen molar-refractivity contribution < 1.29 is 5.11 Å². The lowest BCUT2D eigenvalue weighted by Gasteiger charge is -2.01. The minimum atomic E-state index is 0.278. The number of phenols is 1. The number of aromatic nitrogens is 2. The van der Waals surface area contributed by atoms with Gasteiger partial charge >= 0.3 is 0 Å². The minimum absolute atomic E-state index is 0.278. The highest BCUT2D eigenvalue weighted by Gasteiger charge is 1.99. The average Bonchev–Trinajstić information content (AvgIpc) is 2.17. The van der Waals surface area contributed by atoms with Crippen molar-refractivity contribution in [2.45, 2.75) is 6.42 Å². The van der Waals surface area contributed by atoms with E-state index in [1.165, 1.54) is 0 Å². The lowest BCUT2D eigenvalue weighted by molar-refractivity contribution is 0.474. The summed E-state index contributed by atoms with van der Waals surface area (Å²) >= 11 is 3.22. The predicted octanol–water partition coefficient (Wildman–Crippen LogP) is 2.54. The van der Waals surface area contributed by atoms with Crippen LogP contribution in [0.3, 0.4) is 0 Å². The van der Waals surface area contributed by atoms with Crippen molar-refractivity contribution in [3.8, 4) is 5.75 Å². The maximum atomic E-state index is 9.30. The number of rotatable bonds is 2. The Hall–Kier alpha value is -1.42. The highest BCUT2D eigenvalue weighted by molar-refractivity contribution is 9.10. The van der Waals surface area contributed by atoms with Gasteiger partial charge in [0.05, 0.1) is 0 Å². The first-order valence-corrected chi connectivity index (χ1v) is 5.29. The van der Waals surface area contributed by atoms with Gasteiger partial charge in [-0.05, 0) is 39.7 Å². The molecule has 0 unspecified atom stereocenters. The molecular weight excluding hydrogens is 256 g/mol. The molecule has 1 aromatic heterocycles. The smallest absolute Gasteiger partial charge is 0.196 e. The molecule has 0 aliphatic carbocycles. The van der Waals surface area contributed by atoms with Crippen molar-refractivity contribution in [1.82, 2.24) is 9.97 Å². The summed E-state index contributed by atoms with van der Waals surface area (Å²) in [4.78, 5) is 8.18. The molecule has 0 atom stereocenters. The molecule has 76 valence electrons. The molecule has 2 aromatic rings. The lowest BCUT2D eigenvalue weighted by atomic mass is 10.1. The number of hydrogen-bond donors (Lipinski definition) is 1. The standard InChI is InChI=1S/C11H9BrN2O/c12-11-13-5-4-9(14-11)6-8-2-1-3-10(15)7-8/h1-5,7,15H,6H2.